The molecule has 2 N–H and O–H groups in total. The largest absolute Gasteiger partial charge is 0.484 e. The van der Waals surface area contributed by atoms with Crippen LogP contribution < -0.4 is 15.4 Å². The highest BCUT2D eigenvalue weighted by molar-refractivity contribution is 6.30. The summed E-state index contributed by atoms with van der Waals surface area (Å²) in [5.41, 5.74) is 0. The standard InChI is InChI=1S/C10H10ClFN2O3/c1-13-10(16)14-9(15)5-17-6-2-3-8(12)7(11)4-6/h2-4H,5H2,1H3,(H2,13,14,15,16). The Balaban J connectivity index is 2.47. The Kier molecular flexibility index (Phi) is 4.71. The minimum atomic E-state index is -0.629. The summed E-state index contributed by atoms with van der Waals surface area (Å²) in [5, 5.41) is 4.12. The Bertz CT molecular complexity index is 440. The molecule has 0 heterocycles. The predicted molar refractivity (Wildman–Crippen MR) is 59.5 cm³/mol. The Morgan fingerprint density at radius 1 is 1.47 bits per heavy atom. The summed E-state index contributed by atoms with van der Waals surface area (Å²) < 4.78 is 17.8. The number of carbonyl (C=O) groups excluding carboxylic acids is 2. The van der Waals surface area contributed by atoms with Crippen LogP contribution in [0.15, 0.2) is 18.2 Å². The fraction of sp³-hybridized carbons (Fsp3) is 0.200. The third-order valence-corrected chi connectivity index (χ3v) is 2.03. The maximum absolute atomic E-state index is 12.8. The molecule has 0 unspecified atom stereocenters. The van der Waals surface area contributed by atoms with Gasteiger partial charge >= 0.3 is 6.03 Å². The molecule has 0 aliphatic carbocycles. The van der Waals surface area contributed by atoms with Gasteiger partial charge in [0, 0.05) is 13.1 Å². The number of ether oxygens (including phenoxy) is 1. The van der Waals surface area contributed by atoms with Crippen molar-refractivity contribution >= 4 is 23.5 Å². The normalized spacial score (nSPS) is 9.59. The highest BCUT2D eigenvalue weighted by atomic mass is 35.5. The molecule has 0 bridgehead atoms. The smallest absolute Gasteiger partial charge is 0.321 e. The topological polar surface area (TPSA) is 67.4 Å². The summed E-state index contributed by atoms with van der Waals surface area (Å²) in [6, 6.07) is 3.06. The van der Waals surface area contributed by atoms with E-state index in [9.17, 15) is 14.0 Å². The highest BCUT2D eigenvalue weighted by Gasteiger charge is 2.07. The van der Waals surface area contributed by atoms with Crippen LogP contribution in [-0.4, -0.2) is 25.6 Å². The van der Waals surface area contributed by atoms with E-state index in [0.29, 0.717) is 0 Å². The number of nitrogens with one attached hydrogen (secondary N) is 2. The van der Waals surface area contributed by atoms with Crippen molar-refractivity contribution in [3.8, 4) is 5.75 Å². The lowest BCUT2D eigenvalue weighted by Gasteiger charge is -2.06. The lowest BCUT2D eigenvalue weighted by Crippen LogP contribution is -2.39. The van der Waals surface area contributed by atoms with E-state index in [-0.39, 0.29) is 17.4 Å². The zero-order chi connectivity index (χ0) is 12.8. The first-order chi connectivity index (χ1) is 8.02. The summed E-state index contributed by atoms with van der Waals surface area (Å²) in [5.74, 6) is -0.956. The van der Waals surface area contributed by atoms with Gasteiger partial charge in [-0.3, -0.25) is 10.1 Å². The third kappa shape index (κ3) is 4.28. The Morgan fingerprint density at radius 3 is 2.76 bits per heavy atom. The molecule has 0 atom stereocenters. The molecule has 7 heteroatoms. The molecule has 5 nitrogen and oxygen atoms in total. The number of benzene rings is 1. The van der Waals surface area contributed by atoms with E-state index in [4.69, 9.17) is 16.3 Å². The molecule has 0 spiro atoms. The minimum absolute atomic E-state index is 0.103. The van der Waals surface area contributed by atoms with Gasteiger partial charge in [0.2, 0.25) is 0 Å². The van der Waals surface area contributed by atoms with Gasteiger partial charge in [0.15, 0.2) is 6.61 Å². The van der Waals surface area contributed by atoms with Crippen molar-refractivity contribution in [2.24, 2.45) is 0 Å². The van der Waals surface area contributed by atoms with E-state index in [1.807, 2.05) is 5.32 Å². The molecule has 17 heavy (non-hydrogen) atoms. The average molecular weight is 261 g/mol. The number of urea groups is 1. The van der Waals surface area contributed by atoms with E-state index in [1.54, 1.807) is 0 Å². The summed E-state index contributed by atoms with van der Waals surface area (Å²) in [7, 11) is 1.38. The molecule has 1 aromatic carbocycles. The zero-order valence-corrected chi connectivity index (χ0v) is 9.68. The molecule has 0 saturated heterocycles. The van der Waals surface area contributed by atoms with Crippen LogP contribution in [0.4, 0.5) is 9.18 Å². The molecule has 92 valence electrons. The number of halogens is 2. The summed E-state index contributed by atoms with van der Waals surface area (Å²) >= 11 is 5.52. The van der Waals surface area contributed by atoms with Gasteiger partial charge in [0.05, 0.1) is 5.02 Å². The van der Waals surface area contributed by atoms with Crippen LogP contribution in [0.25, 0.3) is 0 Å². The fourth-order valence-electron chi connectivity index (χ4n) is 0.941. The van der Waals surface area contributed by atoms with Crippen molar-refractivity contribution < 1.29 is 18.7 Å². The van der Waals surface area contributed by atoms with Crippen molar-refractivity contribution in [2.75, 3.05) is 13.7 Å². The maximum atomic E-state index is 12.8. The predicted octanol–water partition coefficient (Wildman–Crippen LogP) is 1.31. The second kappa shape index (κ2) is 6.05. The van der Waals surface area contributed by atoms with Crippen LogP contribution in [0, 0.1) is 5.82 Å². The average Bonchev–Trinajstić information content (AvgIpc) is 2.30. The number of amides is 3. The Hall–Kier alpha value is -1.82. The third-order valence-electron chi connectivity index (χ3n) is 1.74. The van der Waals surface area contributed by atoms with Gasteiger partial charge in [0.1, 0.15) is 11.6 Å². The van der Waals surface area contributed by atoms with E-state index in [0.717, 1.165) is 6.07 Å². The molecule has 1 aromatic rings. The monoisotopic (exact) mass is 260 g/mol. The first-order valence-corrected chi connectivity index (χ1v) is 5.00. The second-order valence-corrected chi connectivity index (χ2v) is 3.40. The zero-order valence-electron chi connectivity index (χ0n) is 8.92. The SMILES string of the molecule is CNC(=O)NC(=O)COc1ccc(F)c(Cl)c1. The number of hydrogen-bond donors (Lipinski definition) is 2. The Morgan fingerprint density at radius 2 is 2.18 bits per heavy atom. The number of carbonyl (C=O) groups is 2. The van der Waals surface area contributed by atoms with E-state index < -0.39 is 17.8 Å². The quantitative estimate of drug-likeness (QED) is 0.861. The van der Waals surface area contributed by atoms with Crippen molar-refractivity contribution in [3.05, 3.63) is 29.0 Å². The first-order valence-electron chi connectivity index (χ1n) is 4.62. The fourth-order valence-corrected chi connectivity index (χ4v) is 1.11. The lowest BCUT2D eigenvalue weighted by molar-refractivity contribution is -0.122. The number of imide groups is 1. The first kappa shape index (κ1) is 13.2. The molecule has 0 radical (unpaired) electrons. The van der Waals surface area contributed by atoms with E-state index in [1.165, 1.54) is 19.2 Å². The molecular formula is C10H10ClFN2O3. The van der Waals surface area contributed by atoms with Crippen molar-refractivity contribution in [1.29, 1.82) is 0 Å². The van der Waals surface area contributed by atoms with Gasteiger partial charge in [-0.15, -0.1) is 0 Å². The number of hydrogen-bond acceptors (Lipinski definition) is 3. The van der Waals surface area contributed by atoms with Gasteiger partial charge in [-0.2, -0.15) is 0 Å². The summed E-state index contributed by atoms with van der Waals surface area (Å²) in [6.45, 7) is -0.366. The van der Waals surface area contributed by atoms with Crippen LogP contribution in [0.3, 0.4) is 0 Å². The van der Waals surface area contributed by atoms with E-state index in [2.05, 4.69) is 5.32 Å². The van der Waals surface area contributed by atoms with Crippen LogP contribution in [0.5, 0.6) is 5.75 Å². The van der Waals surface area contributed by atoms with Crippen molar-refractivity contribution in [2.45, 2.75) is 0 Å². The van der Waals surface area contributed by atoms with Gasteiger partial charge in [-0.05, 0) is 12.1 Å². The van der Waals surface area contributed by atoms with Gasteiger partial charge < -0.3 is 10.1 Å². The Labute approximate surface area is 102 Å². The second-order valence-electron chi connectivity index (χ2n) is 2.99. The van der Waals surface area contributed by atoms with Crippen LogP contribution in [0.2, 0.25) is 5.02 Å². The van der Waals surface area contributed by atoms with E-state index >= 15 is 0 Å². The molecule has 3 amide bonds. The van der Waals surface area contributed by atoms with Gasteiger partial charge in [-0.25, -0.2) is 9.18 Å². The molecule has 1 rings (SSSR count). The highest BCUT2D eigenvalue weighted by Crippen LogP contribution is 2.20. The molecule has 0 aromatic heterocycles. The van der Waals surface area contributed by atoms with Gasteiger partial charge in [0.25, 0.3) is 5.91 Å². The lowest BCUT2D eigenvalue weighted by atomic mass is 10.3. The maximum Gasteiger partial charge on any atom is 0.321 e. The number of rotatable bonds is 3. The van der Waals surface area contributed by atoms with Crippen LogP contribution in [0.1, 0.15) is 0 Å². The molecular weight excluding hydrogens is 251 g/mol. The molecule has 0 aliphatic heterocycles. The summed E-state index contributed by atoms with van der Waals surface area (Å²) in [6.07, 6.45) is 0. The van der Waals surface area contributed by atoms with Crippen LogP contribution >= 0.6 is 11.6 Å². The molecule has 0 aliphatic rings. The van der Waals surface area contributed by atoms with Gasteiger partial charge in [-0.1, -0.05) is 11.6 Å². The van der Waals surface area contributed by atoms with Crippen molar-refractivity contribution in [1.82, 2.24) is 10.6 Å². The molecule has 0 saturated carbocycles. The molecule has 0 fully saturated rings. The summed E-state index contributed by atoms with van der Waals surface area (Å²) in [4.78, 5) is 21.9. The minimum Gasteiger partial charge on any atom is -0.484 e. The van der Waals surface area contributed by atoms with Crippen LogP contribution in [-0.2, 0) is 4.79 Å². The van der Waals surface area contributed by atoms with Crippen molar-refractivity contribution in [3.63, 3.8) is 0 Å².